The quantitative estimate of drug-likeness (QED) is 0.240. The van der Waals surface area contributed by atoms with Gasteiger partial charge in [0.1, 0.15) is 12.6 Å². The van der Waals surface area contributed by atoms with Crippen LogP contribution in [-0.2, 0) is 14.3 Å². The zero-order chi connectivity index (χ0) is 22.8. The molecule has 9 heteroatoms. The summed E-state index contributed by atoms with van der Waals surface area (Å²) in [6.45, 7) is 1.26. The van der Waals surface area contributed by atoms with Crippen LogP contribution in [0.2, 0.25) is 0 Å². The molecule has 2 N–H and O–H groups in total. The number of hydrogen-bond acceptors (Lipinski definition) is 5. The number of alkyl carbamates (subject to hydrolysis) is 1. The van der Waals surface area contributed by atoms with Crippen LogP contribution in [0.15, 0.2) is 53.6 Å². The van der Waals surface area contributed by atoms with Crippen molar-refractivity contribution in [2.75, 3.05) is 33.4 Å². The number of nitrogens with zero attached hydrogens (tertiary/aromatic N) is 3. The van der Waals surface area contributed by atoms with Gasteiger partial charge in [0, 0.05) is 31.0 Å². The maximum Gasteiger partial charge on any atom is 0.407 e. The number of methoxy groups -OCH3 is 1. The maximum absolute atomic E-state index is 12.2. The number of nitrogens with one attached hydrogen (secondary N) is 2. The normalized spacial score (nSPS) is 12.8. The minimum atomic E-state index is -0.832. The topological polar surface area (TPSA) is 125 Å². The van der Waals surface area contributed by atoms with E-state index < -0.39 is 12.1 Å². The lowest BCUT2D eigenvalue weighted by molar-refractivity contribution is -0.122. The fourth-order valence-corrected chi connectivity index (χ4v) is 3.83. The Morgan fingerprint density at radius 3 is 2.34 bits per heavy atom. The van der Waals surface area contributed by atoms with Crippen LogP contribution in [0.1, 0.15) is 29.9 Å². The van der Waals surface area contributed by atoms with Crippen molar-refractivity contribution in [2.45, 2.75) is 24.8 Å². The molecule has 1 aliphatic rings. The van der Waals surface area contributed by atoms with E-state index in [0.717, 1.165) is 11.1 Å². The van der Waals surface area contributed by atoms with E-state index in [2.05, 4.69) is 44.9 Å². The van der Waals surface area contributed by atoms with Gasteiger partial charge in [0.05, 0.1) is 6.61 Å². The first-order chi connectivity index (χ1) is 15.7. The maximum atomic E-state index is 12.2. The van der Waals surface area contributed by atoms with Gasteiger partial charge in [-0.25, -0.2) is 4.79 Å². The van der Waals surface area contributed by atoms with Crippen molar-refractivity contribution >= 4 is 12.0 Å². The van der Waals surface area contributed by atoms with Crippen LogP contribution in [0, 0.1) is 0 Å². The molecule has 9 nitrogen and oxygen atoms in total. The second-order valence-corrected chi connectivity index (χ2v) is 7.40. The van der Waals surface area contributed by atoms with Crippen molar-refractivity contribution in [3.8, 4) is 11.1 Å². The van der Waals surface area contributed by atoms with E-state index in [1.807, 2.05) is 24.3 Å². The van der Waals surface area contributed by atoms with Crippen molar-refractivity contribution in [2.24, 2.45) is 5.11 Å². The highest BCUT2D eigenvalue weighted by molar-refractivity contribution is 5.82. The van der Waals surface area contributed by atoms with Crippen LogP contribution >= 0.6 is 0 Å². The highest BCUT2D eigenvalue weighted by Crippen LogP contribution is 2.44. The van der Waals surface area contributed by atoms with Crippen molar-refractivity contribution in [3.63, 3.8) is 0 Å². The second kappa shape index (κ2) is 11.7. The van der Waals surface area contributed by atoms with E-state index in [9.17, 15) is 9.59 Å². The summed E-state index contributed by atoms with van der Waals surface area (Å²) in [6, 6.07) is 15.5. The second-order valence-electron chi connectivity index (χ2n) is 7.40. The molecular formula is C23H27N5O4. The Morgan fingerprint density at radius 1 is 1.06 bits per heavy atom. The molecule has 0 spiro atoms. The predicted octanol–water partition coefficient (Wildman–Crippen LogP) is 3.75. The summed E-state index contributed by atoms with van der Waals surface area (Å²) in [7, 11) is 1.53. The average Bonchev–Trinajstić information content (AvgIpc) is 3.13. The van der Waals surface area contributed by atoms with Gasteiger partial charge in [-0.3, -0.25) is 4.79 Å². The Morgan fingerprint density at radius 2 is 1.72 bits per heavy atom. The number of benzene rings is 2. The van der Waals surface area contributed by atoms with E-state index in [-0.39, 0.29) is 18.4 Å². The van der Waals surface area contributed by atoms with Crippen molar-refractivity contribution < 1.29 is 19.1 Å². The highest BCUT2D eigenvalue weighted by Gasteiger charge is 2.28. The lowest BCUT2D eigenvalue weighted by atomic mass is 9.98. The third-order valence-corrected chi connectivity index (χ3v) is 5.37. The summed E-state index contributed by atoms with van der Waals surface area (Å²) in [5, 5.41) is 8.88. The van der Waals surface area contributed by atoms with E-state index in [4.69, 9.17) is 15.0 Å². The number of azide groups is 1. The molecule has 168 valence electrons. The molecule has 2 aromatic carbocycles. The molecular weight excluding hydrogens is 410 g/mol. The van der Waals surface area contributed by atoms with E-state index in [1.54, 1.807) is 0 Å². The first-order valence-electron chi connectivity index (χ1n) is 10.6. The largest absolute Gasteiger partial charge is 0.449 e. The van der Waals surface area contributed by atoms with Crippen molar-refractivity contribution in [1.82, 2.24) is 10.6 Å². The zero-order valence-corrected chi connectivity index (χ0v) is 18.0. The smallest absolute Gasteiger partial charge is 0.407 e. The molecule has 0 saturated heterocycles. The summed E-state index contributed by atoms with van der Waals surface area (Å²) >= 11 is 0. The number of carbonyl (C=O) groups excluding carboxylic acids is 2. The monoisotopic (exact) mass is 437 g/mol. The lowest BCUT2D eigenvalue weighted by Gasteiger charge is -2.15. The molecule has 0 saturated carbocycles. The predicted molar refractivity (Wildman–Crippen MR) is 120 cm³/mol. The third-order valence-electron chi connectivity index (χ3n) is 5.37. The molecule has 0 aliphatic heterocycles. The number of amides is 2. The summed E-state index contributed by atoms with van der Waals surface area (Å²) in [5.41, 5.74) is 13.3. The summed E-state index contributed by atoms with van der Waals surface area (Å²) in [6.07, 6.45) is 0.259. The van der Waals surface area contributed by atoms with Gasteiger partial charge in [-0.15, -0.1) is 0 Å². The van der Waals surface area contributed by atoms with Crippen LogP contribution < -0.4 is 10.6 Å². The van der Waals surface area contributed by atoms with Gasteiger partial charge in [0.2, 0.25) is 5.91 Å². The number of carbonyl (C=O) groups is 2. The molecule has 32 heavy (non-hydrogen) atoms. The summed E-state index contributed by atoms with van der Waals surface area (Å²) < 4.78 is 10.4. The van der Waals surface area contributed by atoms with Gasteiger partial charge >= 0.3 is 6.09 Å². The Bertz CT molecular complexity index is 944. The van der Waals surface area contributed by atoms with Gasteiger partial charge in [0.25, 0.3) is 0 Å². The molecule has 0 fully saturated rings. The molecule has 1 atom stereocenters. The first kappa shape index (κ1) is 23.1. The number of hydrogen-bond donors (Lipinski definition) is 2. The SMILES string of the molecule is COCCNC(=O)[C@@H](CCCNC(=O)OCC1c2ccccc2-c2ccccc21)N=[N+]=[N-]. The van der Waals surface area contributed by atoms with Gasteiger partial charge < -0.3 is 20.1 Å². The Labute approximate surface area is 186 Å². The molecule has 2 amide bonds. The van der Waals surface area contributed by atoms with Gasteiger partial charge in [-0.05, 0) is 40.6 Å². The standard InChI is InChI=1S/C23H27N5O4/c1-31-14-13-25-22(29)21(27-28-24)11-6-12-26-23(30)32-15-20-18-9-4-2-7-16(18)17-8-3-5-10-19(17)20/h2-5,7-10,20-21H,6,11-15H2,1H3,(H,25,29)(H,26,30)/t21-/m1/s1. The molecule has 0 bridgehead atoms. The third kappa shape index (κ3) is 5.78. The summed E-state index contributed by atoms with van der Waals surface area (Å²) in [5.74, 6) is -0.362. The number of rotatable bonds is 11. The molecule has 3 rings (SSSR count). The minimum absolute atomic E-state index is 0.00158. The Hall–Kier alpha value is -3.55. The first-order valence-corrected chi connectivity index (χ1v) is 10.6. The molecule has 1 aliphatic carbocycles. The fraction of sp³-hybridized carbons (Fsp3) is 0.391. The van der Waals surface area contributed by atoms with Crippen LogP contribution in [0.25, 0.3) is 21.6 Å². The molecule has 2 aromatic rings. The lowest BCUT2D eigenvalue weighted by Crippen LogP contribution is -2.36. The molecule has 0 aromatic heterocycles. The van der Waals surface area contributed by atoms with Gasteiger partial charge in [-0.1, -0.05) is 53.6 Å². The van der Waals surface area contributed by atoms with Crippen LogP contribution in [0.4, 0.5) is 4.79 Å². The minimum Gasteiger partial charge on any atom is -0.449 e. The van der Waals surface area contributed by atoms with Crippen molar-refractivity contribution in [3.05, 3.63) is 70.1 Å². The Kier molecular flexibility index (Phi) is 8.48. The van der Waals surface area contributed by atoms with Crippen LogP contribution in [-0.4, -0.2) is 51.5 Å². The van der Waals surface area contributed by atoms with Gasteiger partial charge in [0.15, 0.2) is 0 Å². The Balaban J connectivity index is 1.45. The van der Waals surface area contributed by atoms with E-state index in [0.29, 0.717) is 32.5 Å². The van der Waals surface area contributed by atoms with Crippen molar-refractivity contribution in [1.29, 1.82) is 0 Å². The molecule has 0 unspecified atom stereocenters. The fourth-order valence-electron chi connectivity index (χ4n) is 3.83. The van der Waals surface area contributed by atoms with Crippen LogP contribution in [0.5, 0.6) is 0 Å². The van der Waals surface area contributed by atoms with E-state index >= 15 is 0 Å². The van der Waals surface area contributed by atoms with E-state index in [1.165, 1.54) is 18.2 Å². The molecule has 0 heterocycles. The van der Waals surface area contributed by atoms with Gasteiger partial charge in [-0.2, -0.15) is 0 Å². The zero-order valence-electron chi connectivity index (χ0n) is 18.0. The average molecular weight is 438 g/mol. The highest BCUT2D eigenvalue weighted by atomic mass is 16.5. The summed E-state index contributed by atoms with van der Waals surface area (Å²) in [4.78, 5) is 27.0. The number of ether oxygens (including phenoxy) is 2. The number of fused-ring (bicyclic) bond motifs is 3. The molecule has 0 radical (unpaired) electrons. The van der Waals surface area contributed by atoms with Crippen LogP contribution in [0.3, 0.4) is 0 Å².